The number of methoxy groups -OCH3 is 1. The summed E-state index contributed by atoms with van der Waals surface area (Å²) in [7, 11) is 1.50. The van der Waals surface area contributed by atoms with E-state index in [2.05, 4.69) is 5.43 Å². The van der Waals surface area contributed by atoms with E-state index in [0.717, 1.165) is 17.7 Å². The fourth-order valence-electron chi connectivity index (χ4n) is 2.11. The molecule has 2 aromatic rings. The van der Waals surface area contributed by atoms with Gasteiger partial charge < -0.3 is 9.15 Å². The third-order valence-corrected chi connectivity index (χ3v) is 3.10. The molecule has 1 aromatic carbocycles. The summed E-state index contributed by atoms with van der Waals surface area (Å²) < 4.78 is 24.4. The third kappa shape index (κ3) is 2.62. The Morgan fingerprint density at radius 3 is 2.74 bits per heavy atom. The Morgan fingerprint density at radius 2 is 2.16 bits per heavy atom. The summed E-state index contributed by atoms with van der Waals surface area (Å²) in [4.78, 5) is 0. The quantitative estimate of drug-likeness (QED) is 0.643. The molecule has 0 amide bonds. The van der Waals surface area contributed by atoms with Gasteiger partial charge in [-0.3, -0.25) is 5.84 Å². The molecule has 1 heterocycles. The first kappa shape index (κ1) is 13.6. The van der Waals surface area contributed by atoms with Gasteiger partial charge in [0.25, 0.3) is 0 Å². The van der Waals surface area contributed by atoms with Gasteiger partial charge in [-0.05, 0) is 12.1 Å². The summed E-state index contributed by atoms with van der Waals surface area (Å²) in [5.74, 6) is 6.46. The molecule has 0 saturated heterocycles. The van der Waals surface area contributed by atoms with Crippen molar-refractivity contribution >= 4 is 0 Å². The van der Waals surface area contributed by atoms with Crippen molar-refractivity contribution in [3.05, 3.63) is 53.2 Å². The first-order valence-electron chi connectivity index (χ1n) is 6.07. The fourth-order valence-corrected chi connectivity index (χ4v) is 2.11. The van der Waals surface area contributed by atoms with Crippen LogP contribution < -0.4 is 16.0 Å². The van der Waals surface area contributed by atoms with Crippen molar-refractivity contribution in [2.75, 3.05) is 7.11 Å². The molecule has 1 aromatic heterocycles. The zero-order valence-corrected chi connectivity index (χ0v) is 10.9. The number of furan rings is 1. The van der Waals surface area contributed by atoms with E-state index < -0.39 is 6.04 Å². The monoisotopic (exact) mass is 264 g/mol. The minimum absolute atomic E-state index is 0.370. The molecule has 0 aliphatic rings. The summed E-state index contributed by atoms with van der Waals surface area (Å²) in [6.07, 6.45) is 2.30. The van der Waals surface area contributed by atoms with E-state index in [9.17, 15) is 4.39 Å². The van der Waals surface area contributed by atoms with E-state index in [1.165, 1.54) is 13.2 Å². The van der Waals surface area contributed by atoms with E-state index in [4.69, 9.17) is 15.0 Å². The van der Waals surface area contributed by atoms with Gasteiger partial charge in [-0.25, -0.2) is 9.82 Å². The van der Waals surface area contributed by atoms with E-state index in [0.29, 0.717) is 11.3 Å². The Hall–Kier alpha value is -1.85. The first-order valence-corrected chi connectivity index (χ1v) is 6.07. The van der Waals surface area contributed by atoms with E-state index >= 15 is 0 Å². The highest BCUT2D eigenvalue weighted by molar-refractivity contribution is 5.37. The highest BCUT2D eigenvalue weighted by atomic mass is 19.1. The molecule has 4 nitrogen and oxygen atoms in total. The normalized spacial score (nSPS) is 12.4. The lowest BCUT2D eigenvalue weighted by atomic mass is 9.98. The second-order valence-corrected chi connectivity index (χ2v) is 4.14. The average Bonchev–Trinajstić information content (AvgIpc) is 2.89. The molecule has 102 valence electrons. The van der Waals surface area contributed by atoms with Crippen molar-refractivity contribution in [2.24, 2.45) is 5.84 Å². The van der Waals surface area contributed by atoms with Gasteiger partial charge in [0.05, 0.1) is 19.4 Å². The van der Waals surface area contributed by atoms with Crippen LogP contribution in [0.25, 0.3) is 0 Å². The smallest absolute Gasteiger partial charge is 0.132 e. The number of aryl methyl sites for hydroxylation is 1. The Balaban J connectivity index is 2.42. The van der Waals surface area contributed by atoms with E-state index in [1.807, 2.05) is 6.92 Å². The highest BCUT2D eigenvalue weighted by Gasteiger charge is 2.21. The van der Waals surface area contributed by atoms with Crippen LogP contribution >= 0.6 is 0 Å². The molecule has 0 radical (unpaired) electrons. The number of ether oxygens (including phenoxy) is 1. The van der Waals surface area contributed by atoms with Crippen molar-refractivity contribution in [3.63, 3.8) is 0 Å². The average molecular weight is 264 g/mol. The highest BCUT2D eigenvalue weighted by Crippen LogP contribution is 2.29. The van der Waals surface area contributed by atoms with Crippen LogP contribution in [0.3, 0.4) is 0 Å². The summed E-state index contributed by atoms with van der Waals surface area (Å²) in [6.45, 7) is 1.97. The van der Waals surface area contributed by atoms with Crippen LogP contribution in [0.4, 0.5) is 4.39 Å². The van der Waals surface area contributed by atoms with Crippen molar-refractivity contribution in [1.82, 2.24) is 5.43 Å². The van der Waals surface area contributed by atoms with Crippen LogP contribution in [0.1, 0.15) is 29.9 Å². The molecule has 0 bridgehead atoms. The predicted molar refractivity (Wildman–Crippen MR) is 70.2 cm³/mol. The second-order valence-electron chi connectivity index (χ2n) is 4.14. The Kier molecular flexibility index (Phi) is 4.19. The lowest BCUT2D eigenvalue weighted by molar-refractivity contribution is 0.410. The maximum atomic E-state index is 14.1. The minimum atomic E-state index is -0.445. The summed E-state index contributed by atoms with van der Waals surface area (Å²) >= 11 is 0. The minimum Gasteiger partial charge on any atom is -0.497 e. The van der Waals surface area contributed by atoms with Crippen LogP contribution in [0.2, 0.25) is 0 Å². The van der Waals surface area contributed by atoms with E-state index in [-0.39, 0.29) is 5.82 Å². The van der Waals surface area contributed by atoms with Crippen LogP contribution in [-0.4, -0.2) is 7.11 Å². The molecule has 2 rings (SSSR count). The zero-order valence-electron chi connectivity index (χ0n) is 10.9. The predicted octanol–water partition coefficient (Wildman–Crippen LogP) is 2.54. The van der Waals surface area contributed by atoms with Gasteiger partial charge in [0.1, 0.15) is 17.3 Å². The van der Waals surface area contributed by atoms with Gasteiger partial charge in [0, 0.05) is 23.6 Å². The molecule has 0 fully saturated rings. The lowest BCUT2D eigenvalue weighted by Crippen LogP contribution is -2.29. The van der Waals surface area contributed by atoms with Crippen LogP contribution in [0.15, 0.2) is 34.9 Å². The molecule has 19 heavy (non-hydrogen) atoms. The largest absolute Gasteiger partial charge is 0.497 e. The number of hydrazine groups is 1. The SMILES string of the molecule is CCc1occc1C(NN)c1ccc(OC)cc1F. The van der Waals surface area contributed by atoms with E-state index in [1.54, 1.807) is 24.5 Å². The number of hydrogen-bond donors (Lipinski definition) is 2. The maximum Gasteiger partial charge on any atom is 0.132 e. The molecule has 3 N–H and O–H groups in total. The number of benzene rings is 1. The molecule has 0 aliphatic heterocycles. The van der Waals surface area contributed by atoms with Crippen molar-refractivity contribution < 1.29 is 13.5 Å². The molecular formula is C14H17FN2O2. The van der Waals surface area contributed by atoms with Crippen molar-refractivity contribution in [2.45, 2.75) is 19.4 Å². The molecular weight excluding hydrogens is 247 g/mol. The third-order valence-electron chi connectivity index (χ3n) is 3.10. The summed E-state index contributed by atoms with van der Waals surface area (Å²) in [6, 6.07) is 6.05. The topological polar surface area (TPSA) is 60.4 Å². The van der Waals surface area contributed by atoms with Gasteiger partial charge in [-0.1, -0.05) is 13.0 Å². The molecule has 1 unspecified atom stereocenters. The van der Waals surface area contributed by atoms with Gasteiger partial charge in [-0.2, -0.15) is 0 Å². The van der Waals surface area contributed by atoms with Gasteiger partial charge in [-0.15, -0.1) is 0 Å². The van der Waals surface area contributed by atoms with Crippen molar-refractivity contribution in [1.29, 1.82) is 0 Å². The number of halogens is 1. The zero-order chi connectivity index (χ0) is 13.8. The van der Waals surface area contributed by atoms with Crippen molar-refractivity contribution in [3.8, 4) is 5.75 Å². The molecule has 5 heteroatoms. The standard InChI is InChI=1S/C14H17FN2O2/c1-3-13-11(6-7-19-13)14(17-16)10-5-4-9(18-2)8-12(10)15/h4-8,14,17H,3,16H2,1-2H3. The van der Waals surface area contributed by atoms with Crippen LogP contribution in [0, 0.1) is 5.82 Å². The maximum absolute atomic E-state index is 14.1. The Morgan fingerprint density at radius 1 is 1.37 bits per heavy atom. The summed E-state index contributed by atoms with van der Waals surface area (Å²) in [5, 5.41) is 0. The first-order chi connectivity index (χ1) is 9.21. The van der Waals surface area contributed by atoms with Gasteiger partial charge >= 0.3 is 0 Å². The number of rotatable bonds is 5. The Bertz CT molecular complexity index is 554. The number of hydrogen-bond acceptors (Lipinski definition) is 4. The fraction of sp³-hybridized carbons (Fsp3) is 0.286. The number of nitrogens with one attached hydrogen (secondary N) is 1. The van der Waals surface area contributed by atoms with Gasteiger partial charge in [0.15, 0.2) is 0 Å². The molecule has 1 atom stereocenters. The lowest BCUT2D eigenvalue weighted by Gasteiger charge is -2.17. The summed E-state index contributed by atoms with van der Waals surface area (Å²) in [5.41, 5.74) is 3.93. The molecule has 0 spiro atoms. The van der Waals surface area contributed by atoms with Crippen LogP contribution in [0.5, 0.6) is 5.75 Å². The Labute approximate surface area is 111 Å². The molecule has 0 saturated carbocycles. The van der Waals surface area contributed by atoms with Crippen LogP contribution in [-0.2, 0) is 6.42 Å². The second kappa shape index (κ2) is 5.86. The number of nitrogens with two attached hydrogens (primary N) is 1. The molecule has 0 aliphatic carbocycles. The van der Waals surface area contributed by atoms with Gasteiger partial charge in [0.2, 0.25) is 0 Å².